The molecule has 1 saturated heterocycles. The fourth-order valence-corrected chi connectivity index (χ4v) is 2.41. The molecular weight excluding hydrogens is 266 g/mol. The van der Waals surface area contributed by atoms with Gasteiger partial charge in [0.05, 0.1) is 12.3 Å². The first-order valence-electron chi connectivity index (χ1n) is 7.09. The first-order valence-corrected chi connectivity index (χ1v) is 7.09. The summed E-state index contributed by atoms with van der Waals surface area (Å²) in [5.41, 5.74) is 2.23. The number of carbonyl (C=O) groups is 2. The molecule has 0 radical (unpaired) electrons. The third kappa shape index (κ3) is 3.50. The van der Waals surface area contributed by atoms with Crippen LogP contribution in [0.4, 0.5) is 5.69 Å². The normalized spacial score (nSPS) is 15.9. The molecule has 4 heteroatoms. The van der Waals surface area contributed by atoms with Gasteiger partial charge in [0.2, 0.25) is 11.8 Å². The van der Waals surface area contributed by atoms with Crippen LogP contribution in [0.25, 0.3) is 0 Å². The van der Waals surface area contributed by atoms with E-state index < -0.39 is 0 Å². The SMILES string of the molecule is Cc1ccc(C#CCCO)cc1N1C(=O)CC(C)CC1=O. The first kappa shape index (κ1) is 15.3. The topological polar surface area (TPSA) is 57.6 Å². The Kier molecular flexibility index (Phi) is 4.77. The molecule has 1 fully saturated rings. The summed E-state index contributed by atoms with van der Waals surface area (Å²) in [7, 11) is 0. The fraction of sp³-hybridized carbons (Fsp3) is 0.412. The summed E-state index contributed by atoms with van der Waals surface area (Å²) in [6.07, 6.45) is 1.19. The van der Waals surface area contributed by atoms with Crippen molar-refractivity contribution in [3.8, 4) is 11.8 Å². The highest BCUT2D eigenvalue weighted by Gasteiger charge is 2.32. The number of benzene rings is 1. The van der Waals surface area contributed by atoms with Gasteiger partial charge < -0.3 is 5.11 Å². The van der Waals surface area contributed by atoms with Gasteiger partial charge in [0.15, 0.2) is 0 Å². The van der Waals surface area contributed by atoms with Gasteiger partial charge in [0.1, 0.15) is 0 Å². The summed E-state index contributed by atoms with van der Waals surface area (Å²) in [4.78, 5) is 25.6. The molecule has 0 aliphatic carbocycles. The maximum atomic E-state index is 12.2. The number of carbonyl (C=O) groups excluding carboxylic acids is 2. The van der Waals surface area contributed by atoms with E-state index in [9.17, 15) is 9.59 Å². The van der Waals surface area contributed by atoms with Gasteiger partial charge in [-0.1, -0.05) is 24.8 Å². The molecule has 1 aromatic carbocycles. The van der Waals surface area contributed by atoms with Crippen molar-refractivity contribution in [1.82, 2.24) is 0 Å². The van der Waals surface area contributed by atoms with Crippen molar-refractivity contribution >= 4 is 17.5 Å². The number of piperidine rings is 1. The third-order valence-electron chi connectivity index (χ3n) is 3.46. The highest BCUT2D eigenvalue weighted by Crippen LogP contribution is 2.28. The fourth-order valence-electron chi connectivity index (χ4n) is 2.41. The zero-order valence-electron chi connectivity index (χ0n) is 12.3. The number of nitrogens with zero attached hydrogens (tertiary/aromatic N) is 1. The van der Waals surface area contributed by atoms with Crippen LogP contribution in [-0.4, -0.2) is 23.5 Å². The molecular formula is C17H19NO3. The highest BCUT2D eigenvalue weighted by atomic mass is 16.2. The average molecular weight is 285 g/mol. The molecule has 0 spiro atoms. The number of aryl methyl sites for hydroxylation is 1. The Morgan fingerprint density at radius 2 is 1.95 bits per heavy atom. The van der Waals surface area contributed by atoms with Gasteiger partial charge in [-0.2, -0.15) is 0 Å². The second kappa shape index (κ2) is 6.55. The predicted molar refractivity (Wildman–Crippen MR) is 80.7 cm³/mol. The molecule has 110 valence electrons. The molecule has 0 saturated carbocycles. The summed E-state index contributed by atoms with van der Waals surface area (Å²) in [6, 6.07) is 5.48. The van der Waals surface area contributed by atoms with Crippen LogP contribution in [0.2, 0.25) is 0 Å². The molecule has 21 heavy (non-hydrogen) atoms. The summed E-state index contributed by atoms with van der Waals surface area (Å²) < 4.78 is 0. The van der Waals surface area contributed by atoms with Crippen molar-refractivity contribution in [2.24, 2.45) is 5.92 Å². The standard InChI is InChI=1S/C17H19NO3/c1-12-9-16(20)18(17(21)10-12)15-11-14(5-3-4-8-19)7-6-13(15)2/h6-7,11-12,19H,4,8-10H2,1-2H3. The molecule has 1 aromatic rings. The van der Waals surface area contributed by atoms with E-state index in [-0.39, 0.29) is 24.3 Å². The average Bonchev–Trinajstić information content (AvgIpc) is 2.41. The number of aliphatic hydroxyl groups excluding tert-OH is 1. The minimum atomic E-state index is -0.151. The Morgan fingerprint density at radius 1 is 1.29 bits per heavy atom. The number of anilines is 1. The minimum absolute atomic E-state index is 0.0205. The van der Waals surface area contributed by atoms with E-state index in [1.807, 2.05) is 26.0 Å². The molecule has 0 aromatic heterocycles. The Bertz CT molecular complexity index is 607. The lowest BCUT2D eigenvalue weighted by molar-refractivity contribution is -0.130. The quantitative estimate of drug-likeness (QED) is 0.668. The van der Waals surface area contributed by atoms with E-state index in [1.165, 1.54) is 4.90 Å². The van der Waals surface area contributed by atoms with Crippen molar-refractivity contribution < 1.29 is 14.7 Å². The summed E-state index contributed by atoms with van der Waals surface area (Å²) in [5.74, 6) is 5.58. The van der Waals surface area contributed by atoms with Gasteiger partial charge in [0, 0.05) is 24.8 Å². The Labute approximate surface area is 124 Å². The maximum Gasteiger partial charge on any atom is 0.234 e. The van der Waals surface area contributed by atoms with Gasteiger partial charge >= 0.3 is 0 Å². The van der Waals surface area contributed by atoms with Crippen molar-refractivity contribution in [2.75, 3.05) is 11.5 Å². The lowest BCUT2D eigenvalue weighted by Crippen LogP contribution is -2.43. The van der Waals surface area contributed by atoms with Gasteiger partial charge in [-0.05, 0) is 30.5 Å². The number of aliphatic hydroxyl groups is 1. The number of imide groups is 1. The lowest BCUT2D eigenvalue weighted by atomic mass is 9.96. The molecule has 4 nitrogen and oxygen atoms in total. The summed E-state index contributed by atoms with van der Waals surface area (Å²) in [6.45, 7) is 3.81. The van der Waals surface area contributed by atoms with E-state index in [1.54, 1.807) is 6.07 Å². The molecule has 1 aliphatic rings. The third-order valence-corrected chi connectivity index (χ3v) is 3.46. The van der Waals surface area contributed by atoms with Gasteiger partial charge in [0.25, 0.3) is 0 Å². The largest absolute Gasteiger partial charge is 0.395 e. The Hall–Kier alpha value is -2.12. The molecule has 1 N–H and O–H groups in total. The van der Waals surface area contributed by atoms with Crippen molar-refractivity contribution in [1.29, 1.82) is 0 Å². The van der Waals surface area contributed by atoms with Crippen molar-refractivity contribution in [2.45, 2.75) is 33.1 Å². The zero-order valence-corrected chi connectivity index (χ0v) is 12.3. The molecule has 0 unspecified atom stereocenters. The second-order valence-corrected chi connectivity index (χ2v) is 5.41. The van der Waals surface area contributed by atoms with E-state index in [0.29, 0.717) is 24.9 Å². The van der Waals surface area contributed by atoms with E-state index in [4.69, 9.17) is 5.11 Å². The number of hydrogen-bond acceptors (Lipinski definition) is 3. The Morgan fingerprint density at radius 3 is 2.57 bits per heavy atom. The van der Waals surface area contributed by atoms with Crippen molar-refractivity contribution in [3.63, 3.8) is 0 Å². The Balaban J connectivity index is 2.35. The van der Waals surface area contributed by atoms with Crippen LogP contribution in [0.5, 0.6) is 0 Å². The van der Waals surface area contributed by atoms with Crippen LogP contribution in [0.1, 0.15) is 37.3 Å². The molecule has 1 aliphatic heterocycles. The first-order chi connectivity index (χ1) is 10.0. The monoisotopic (exact) mass is 285 g/mol. The zero-order chi connectivity index (χ0) is 15.4. The van der Waals surface area contributed by atoms with Crippen LogP contribution < -0.4 is 4.90 Å². The van der Waals surface area contributed by atoms with E-state index in [2.05, 4.69) is 11.8 Å². The molecule has 2 amide bonds. The van der Waals surface area contributed by atoms with E-state index in [0.717, 1.165) is 11.1 Å². The van der Waals surface area contributed by atoms with Crippen LogP contribution in [0.15, 0.2) is 18.2 Å². The second-order valence-electron chi connectivity index (χ2n) is 5.41. The van der Waals surface area contributed by atoms with Gasteiger partial charge in [-0.3, -0.25) is 14.5 Å². The molecule has 0 bridgehead atoms. The van der Waals surface area contributed by atoms with Gasteiger partial charge in [-0.25, -0.2) is 0 Å². The summed E-state index contributed by atoms with van der Waals surface area (Å²) >= 11 is 0. The molecule has 0 atom stereocenters. The number of hydrogen-bond donors (Lipinski definition) is 1. The maximum absolute atomic E-state index is 12.2. The predicted octanol–water partition coefficient (Wildman–Crippen LogP) is 2.02. The smallest absolute Gasteiger partial charge is 0.234 e. The number of rotatable bonds is 2. The van der Waals surface area contributed by atoms with Crippen LogP contribution in [0, 0.1) is 24.7 Å². The van der Waals surface area contributed by atoms with Crippen LogP contribution in [-0.2, 0) is 9.59 Å². The molecule has 1 heterocycles. The molecule has 2 rings (SSSR count). The van der Waals surface area contributed by atoms with Gasteiger partial charge in [-0.15, -0.1) is 0 Å². The van der Waals surface area contributed by atoms with Crippen LogP contribution in [0.3, 0.4) is 0 Å². The number of amides is 2. The lowest BCUT2D eigenvalue weighted by Gasteiger charge is -2.29. The van der Waals surface area contributed by atoms with Crippen molar-refractivity contribution in [3.05, 3.63) is 29.3 Å². The van der Waals surface area contributed by atoms with E-state index >= 15 is 0 Å². The van der Waals surface area contributed by atoms with Crippen LogP contribution >= 0.6 is 0 Å². The minimum Gasteiger partial charge on any atom is -0.395 e. The summed E-state index contributed by atoms with van der Waals surface area (Å²) in [5, 5.41) is 8.74. The highest BCUT2D eigenvalue weighted by molar-refractivity contribution is 6.17.